The lowest BCUT2D eigenvalue weighted by atomic mass is 9.96. The molecule has 0 bridgehead atoms. The summed E-state index contributed by atoms with van der Waals surface area (Å²) in [6, 6.07) is 8.89. The SMILES string of the molecule is CC(C)(C)OC(=O)N1CCc2cc(F)c(-c3cn4c(n3)sc3cc(C(=O)NCCCN5CCC(F)CC5)ccc34)cc2C1. The first-order valence-electron chi connectivity index (χ1n) is 14.9. The van der Waals surface area contributed by atoms with Crippen molar-refractivity contribution in [3.05, 3.63) is 59.0 Å². The molecule has 2 aliphatic heterocycles. The van der Waals surface area contributed by atoms with Crippen molar-refractivity contribution in [2.75, 3.05) is 32.7 Å². The van der Waals surface area contributed by atoms with Gasteiger partial charge in [0, 0.05) is 50.0 Å². The van der Waals surface area contributed by atoms with Crippen molar-refractivity contribution >= 4 is 38.5 Å². The molecule has 2 aliphatic rings. The van der Waals surface area contributed by atoms with Gasteiger partial charge in [-0.15, -0.1) is 0 Å². The summed E-state index contributed by atoms with van der Waals surface area (Å²) in [5.74, 6) is -0.474. The van der Waals surface area contributed by atoms with Crippen LogP contribution in [0.1, 0.15) is 61.5 Å². The van der Waals surface area contributed by atoms with Gasteiger partial charge in [-0.2, -0.15) is 0 Å². The van der Waals surface area contributed by atoms with Gasteiger partial charge in [0.2, 0.25) is 0 Å². The van der Waals surface area contributed by atoms with E-state index in [2.05, 4.69) is 10.2 Å². The Hall–Kier alpha value is -3.57. The number of imidazole rings is 1. The first kappa shape index (κ1) is 29.5. The van der Waals surface area contributed by atoms with Crippen molar-refractivity contribution in [2.24, 2.45) is 0 Å². The smallest absolute Gasteiger partial charge is 0.410 e. The molecule has 0 unspecified atom stereocenters. The summed E-state index contributed by atoms with van der Waals surface area (Å²) in [4.78, 5) is 34.8. The lowest BCUT2D eigenvalue weighted by Crippen LogP contribution is -2.39. The van der Waals surface area contributed by atoms with Crippen molar-refractivity contribution < 1.29 is 23.1 Å². The number of carbonyl (C=O) groups is 2. The molecule has 8 nitrogen and oxygen atoms in total. The molecule has 0 atom stereocenters. The molecule has 0 spiro atoms. The zero-order chi connectivity index (χ0) is 30.3. The number of halogens is 2. The summed E-state index contributed by atoms with van der Waals surface area (Å²) in [7, 11) is 0. The monoisotopic (exact) mass is 609 g/mol. The highest BCUT2D eigenvalue weighted by atomic mass is 32.1. The van der Waals surface area contributed by atoms with E-state index in [1.807, 2.05) is 43.5 Å². The van der Waals surface area contributed by atoms with Gasteiger partial charge in [0.25, 0.3) is 5.91 Å². The molecule has 11 heteroatoms. The predicted molar refractivity (Wildman–Crippen MR) is 164 cm³/mol. The Morgan fingerprint density at radius 2 is 1.91 bits per heavy atom. The van der Waals surface area contributed by atoms with Gasteiger partial charge in [0.1, 0.15) is 17.6 Å². The normalized spacial score (nSPS) is 16.5. The first-order valence-corrected chi connectivity index (χ1v) is 15.7. The van der Waals surface area contributed by atoms with Crippen LogP contribution in [0.5, 0.6) is 0 Å². The molecule has 1 saturated heterocycles. The van der Waals surface area contributed by atoms with E-state index in [0.717, 1.165) is 47.4 Å². The fraction of sp³-hybridized carbons (Fsp3) is 0.469. The maximum Gasteiger partial charge on any atom is 0.410 e. The molecule has 4 aromatic rings. The Morgan fingerprint density at radius 1 is 1.12 bits per heavy atom. The summed E-state index contributed by atoms with van der Waals surface area (Å²) < 4.78 is 37.0. The standard InChI is InChI=1S/C32H37F2N5O3S/c1-32(2,3)42-31(41)38-14-7-20-16-25(34)24(15-22(20)18-38)26-19-39-27-6-5-21(17-28(27)43-30(39)36-26)29(40)35-10-4-11-37-12-8-23(33)9-13-37/h5-6,15-17,19,23H,4,7-14,18H2,1-3H3,(H,35,40). The lowest BCUT2D eigenvalue weighted by molar-refractivity contribution is 0.0224. The van der Waals surface area contributed by atoms with Gasteiger partial charge in [0.05, 0.1) is 15.9 Å². The van der Waals surface area contributed by atoms with Crippen LogP contribution in [0.15, 0.2) is 36.5 Å². The fourth-order valence-corrected chi connectivity index (χ4v) is 6.81. The van der Waals surface area contributed by atoms with E-state index in [4.69, 9.17) is 9.72 Å². The number of carbonyl (C=O) groups excluding carboxylic acids is 2. The molecule has 228 valence electrons. The Labute approximate surface area is 253 Å². The minimum Gasteiger partial charge on any atom is -0.444 e. The summed E-state index contributed by atoms with van der Waals surface area (Å²) >= 11 is 1.44. The van der Waals surface area contributed by atoms with E-state index in [0.29, 0.717) is 60.7 Å². The van der Waals surface area contributed by atoms with E-state index in [9.17, 15) is 14.0 Å². The van der Waals surface area contributed by atoms with Gasteiger partial charge >= 0.3 is 6.09 Å². The first-order chi connectivity index (χ1) is 20.5. The summed E-state index contributed by atoms with van der Waals surface area (Å²) in [6.07, 6.45) is 3.33. The van der Waals surface area contributed by atoms with Crippen LogP contribution in [0.2, 0.25) is 0 Å². The molecule has 2 aromatic heterocycles. The number of piperidine rings is 1. The zero-order valence-electron chi connectivity index (χ0n) is 24.8. The third kappa shape index (κ3) is 6.52. The molecule has 4 heterocycles. The highest BCUT2D eigenvalue weighted by Crippen LogP contribution is 2.33. The van der Waals surface area contributed by atoms with Gasteiger partial charge in [-0.3, -0.25) is 9.20 Å². The largest absolute Gasteiger partial charge is 0.444 e. The second-order valence-corrected chi connectivity index (χ2v) is 13.5. The molecule has 0 saturated carbocycles. The van der Waals surface area contributed by atoms with Crippen LogP contribution in [0.3, 0.4) is 0 Å². The molecule has 0 aliphatic carbocycles. The molecule has 6 rings (SSSR count). The van der Waals surface area contributed by atoms with E-state index in [-0.39, 0.29) is 17.8 Å². The average molecular weight is 610 g/mol. The maximum atomic E-state index is 15.3. The second-order valence-electron chi connectivity index (χ2n) is 12.4. The van der Waals surface area contributed by atoms with E-state index >= 15 is 4.39 Å². The van der Waals surface area contributed by atoms with Crippen LogP contribution >= 0.6 is 11.3 Å². The van der Waals surface area contributed by atoms with E-state index in [1.165, 1.54) is 11.3 Å². The van der Waals surface area contributed by atoms with Crippen LogP contribution < -0.4 is 5.32 Å². The van der Waals surface area contributed by atoms with Gasteiger partial charge in [-0.25, -0.2) is 18.6 Å². The van der Waals surface area contributed by atoms with Gasteiger partial charge in [-0.05, 0) is 94.5 Å². The second kappa shape index (κ2) is 11.8. The van der Waals surface area contributed by atoms with Crippen LogP contribution in [0.4, 0.5) is 13.6 Å². The van der Waals surface area contributed by atoms with Crippen molar-refractivity contribution in [3.63, 3.8) is 0 Å². The van der Waals surface area contributed by atoms with Crippen LogP contribution in [0.25, 0.3) is 26.4 Å². The van der Waals surface area contributed by atoms with Gasteiger partial charge in [0.15, 0.2) is 4.96 Å². The number of fused-ring (bicyclic) bond motifs is 4. The average Bonchev–Trinajstić information content (AvgIpc) is 3.52. The molecule has 0 radical (unpaired) electrons. The summed E-state index contributed by atoms with van der Waals surface area (Å²) in [5.41, 5.74) is 3.55. The Morgan fingerprint density at radius 3 is 2.67 bits per heavy atom. The molecule has 43 heavy (non-hydrogen) atoms. The number of alkyl halides is 1. The minimum atomic E-state index is -0.680. The van der Waals surface area contributed by atoms with Crippen molar-refractivity contribution in [1.29, 1.82) is 0 Å². The fourth-order valence-electron chi connectivity index (χ4n) is 5.76. The number of aromatic nitrogens is 2. The van der Waals surface area contributed by atoms with Gasteiger partial charge in [-0.1, -0.05) is 11.3 Å². The van der Waals surface area contributed by atoms with E-state index in [1.54, 1.807) is 23.1 Å². The Bertz CT molecular complexity index is 1670. The number of thiazole rings is 1. The highest BCUT2D eigenvalue weighted by molar-refractivity contribution is 7.23. The zero-order valence-corrected chi connectivity index (χ0v) is 25.6. The molecule has 1 N–H and O–H groups in total. The van der Waals surface area contributed by atoms with Crippen molar-refractivity contribution in [1.82, 2.24) is 24.5 Å². The van der Waals surface area contributed by atoms with Crippen molar-refractivity contribution in [3.8, 4) is 11.3 Å². The topological polar surface area (TPSA) is 79.2 Å². The highest BCUT2D eigenvalue weighted by Gasteiger charge is 2.27. The molecule has 2 aromatic carbocycles. The van der Waals surface area contributed by atoms with Crippen LogP contribution in [0, 0.1) is 5.82 Å². The van der Waals surface area contributed by atoms with Crippen LogP contribution in [-0.2, 0) is 17.7 Å². The number of benzene rings is 2. The van der Waals surface area contributed by atoms with Crippen molar-refractivity contribution in [2.45, 2.75) is 64.8 Å². The summed E-state index contributed by atoms with van der Waals surface area (Å²) in [5, 5.41) is 2.99. The summed E-state index contributed by atoms with van der Waals surface area (Å²) in [6.45, 7) is 9.31. The predicted octanol–water partition coefficient (Wildman–Crippen LogP) is 6.20. The molecule has 2 amide bonds. The number of nitrogens with zero attached hydrogens (tertiary/aromatic N) is 4. The molecular formula is C32H37F2N5O3S. The third-order valence-electron chi connectivity index (χ3n) is 8.04. The maximum absolute atomic E-state index is 15.3. The number of likely N-dealkylation sites (tertiary alicyclic amines) is 1. The number of amides is 2. The quantitative estimate of drug-likeness (QED) is 0.263. The Balaban J connectivity index is 1.14. The third-order valence-corrected chi connectivity index (χ3v) is 9.06. The lowest BCUT2D eigenvalue weighted by Gasteiger charge is -2.31. The van der Waals surface area contributed by atoms with E-state index < -0.39 is 11.8 Å². The number of hydrogen-bond acceptors (Lipinski definition) is 6. The number of hydrogen-bond donors (Lipinski definition) is 1. The number of ether oxygens (including phenoxy) is 1. The Kier molecular flexibility index (Phi) is 8.12. The van der Waals surface area contributed by atoms with Gasteiger partial charge < -0.3 is 19.9 Å². The minimum absolute atomic E-state index is 0.132. The molecule has 1 fully saturated rings. The number of nitrogens with one attached hydrogen (secondary N) is 1. The van der Waals surface area contributed by atoms with Crippen LogP contribution in [-0.4, -0.2) is 75.7 Å². The molecular weight excluding hydrogens is 572 g/mol. The number of rotatable bonds is 6.